The highest BCUT2D eigenvalue weighted by Gasteiger charge is 2.29. The molecule has 1 saturated heterocycles. The monoisotopic (exact) mass is 561 g/mol. The third-order valence-electron chi connectivity index (χ3n) is 6.32. The molecule has 38 heavy (non-hydrogen) atoms. The zero-order chi connectivity index (χ0) is 27.3. The van der Waals surface area contributed by atoms with Crippen molar-refractivity contribution in [3.05, 3.63) is 24.5 Å². The normalized spacial score (nSPS) is 15.3. The van der Waals surface area contributed by atoms with Crippen LogP contribution in [0, 0.1) is 5.92 Å². The summed E-state index contributed by atoms with van der Waals surface area (Å²) in [6, 6.07) is 5.60. The van der Waals surface area contributed by atoms with Gasteiger partial charge in [0.2, 0.25) is 17.3 Å². The van der Waals surface area contributed by atoms with Crippen molar-refractivity contribution in [2.75, 3.05) is 31.5 Å². The topological polar surface area (TPSA) is 128 Å². The number of hydrogen-bond donors (Lipinski definition) is 3. The molecule has 206 valence electrons. The number of anilines is 1. The Bertz CT molecular complexity index is 1260. The molecule has 4 rings (SSSR count). The summed E-state index contributed by atoms with van der Waals surface area (Å²) in [4.78, 5) is 26.0. The highest BCUT2D eigenvalue weighted by molar-refractivity contribution is 7.99. The zero-order valence-corrected chi connectivity index (χ0v) is 24.2. The van der Waals surface area contributed by atoms with Gasteiger partial charge in [-0.15, -0.1) is 0 Å². The van der Waals surface area contributed by atoms with Gasteiger partial charge in [-0.2, -0.15) is 11.8 Å². The number of H-pyrrole nitrogens is 1. The number of imidazole rings is 1. The van der Waals surface area contributed by atoms with Crippen LogP contribution < -0.4 is 25.1 Å². The summed E-state index contributed by atoms with van der Waals surface area (Å²) in [5.41, 5.74) is 7.03. The molecule has 1 aliphatic rings. The Kier molecular flexibility index (Phi) is 9.14. The minimum absolute atomic E-state index is 0.0142. The van der Waals surface area contributed by atoms with Crippen molar-refractivity contribution in [3.63, 3.8) is 0 Å². The molecule has 0 bridgehead atoms. The molecular weight excluding hydrogens is 524 g/mol. The third-order valence-corrected chi connectivity index (χ3v) is 8.30. The van der Waals surface area contributed by atoms with Crippen LogP contribution in [0.4, 0.5) is 10.6 Å². The van der Waals surface area contributed by atoms with Gasteiger partial charge in [-0.05, 0) is 87.4 Å². The van der Waals surface area contributed by atoms with Gasteiger partial charge in [-0.1, -0.05) is 9.97 Å². The summed E-state index contributed by atoms with van der Waals surface area (Å²) in [7, 11) is 3.26. The SMILES string of the molecule is COc1ccc(OC)c(Sc2nc3c([nH]2)c(N)nc[n+]3CCC(NC(=O)OC(C)(C)C)C2CCSCC2)c1. The number of amides is 1. The number of hydrogen-bond acceptors (Lipinski definition) is 9. The number of aromatic amines is 1. The van der Waals surface area contributed by atoms with E-state index in [0.29, 0.717) is 34.6 Å². The molecule has 1 amide bonds. The number of aromatic nitrogens is 4. The van der Waals surface area contributed by atoms with E-state index in [2.05, 4.69) is 15.3 Å². The lowest BCUT2D eigenvalue weighted by atomic mass is 9.91. The van der Waals surface area contributed by atoms with Gasteiger partial charge < -0.3 is 30.2 Å². The second-order valence-corrected chi connectivity index (χ2v) is 12.4. The summed E-state index contributed by atoms with van der Waals surface area (Å²) in [6.45, 7) is 6.24. The first kappa shape index (κ1) is 28.2. The number of nitrogens with two attached hydrogens (primary N) is 1. The molecule has 0 aliphatic carbocycles. The second-order valence-electron chi connectivity index (χ2n) is 10.2. The summed E-state index contributed by atoms with van der Waals surface area (Å²) in [5.74, 6) is 4.42. The van der Waals surface area contributed by atoms with E-state index in [1.807, 2.05) is 55.3 Å². The molecule has 4 N–H and O–H groups in total. The molecule has 12 heteroatoms. The molecule has 0 saturated carbocycles. The molecule has 0 radical (unpaired) electrons. The fourth-order valence-corrected chi connectivity index (χ4v) is 6.50. The van der Waals surface area contributed by atoms with Crippen molar-refractivity contribution in [1.29, 1.82) is 0 Å². The molecule has 3 aromatic rings. The van der Waals surface area contributed by atoms with Crippen molar-refractivity contribution >= 4 is 46.6 Å². The molecule has 2 aromatic heterocycles. The quantitative estimate of drug-likeness (QED) is 0.325. The van der Waals surface area contributed by atoms with E-state index in [1.165, 1.54) is 11.8 Å². The molecule has 1 atom stereocenters. The predicted molar refractivity (Wildman–Crippen MR) is 150 cm³/mol. The number of alkyl carbamates (subject to hydrolysis) is 1. The first-order valence-electron chi connectivity index (χ1n) is 12.7. The highest BCUT2D eigenvalue weighted by Crippen LogP contribution is 2.37. The number of benzene rings is 1. The van der Waals surface area contributed by atoms with Crippen molar-refractivity contribution in [1.82, 2.24) is 20.3 Å². The van der Waals surface area contributed by atoms with Gasteiger partial charge in [-0.3, -0.25) is 0 Å². The van der Waals surface area contributed by atoms with Crippen molar-refractivity contribution < 1.29 is 23.6 Å². The van der Waals surface area contributed by atoms with Gasteiger partial charge >= 0.3 is 6.09 Å². The van der Waals surface area contributed by atoms with Crippen molar-refractivity contribution in [2.45, 2.75) is 68.3 Å². The summed E-state index contributed by atoms with van der Waals surface area (Å²) >= 11 is 3.39. The fraction of sp³-hybridized carbons (Fsp3) is 0.538. The average Bonchev–Trinajstić information content (AvgIpc) is 3.31. The van der Waals surface area contributed by atoms with Crippen LogP contribution in [0.25, 0.3) is 11.2 Å². The van der Waals surface area contributed by atoms with Gasteiger partial charge in [0, 0.05) is 6.04 Å². The number of nitrogens with zero attached hydrogens (tertiary/aromatic N) is 3. The minimum Gasteiger partial charge on any atom is -0.497 e. The lowest BCUT2D eigenvalue weighted by Gasteiger charge is -2.31. The van der Waals surface area contributed by atoms with Crippen LogP contribution in [0.15, 0.2) is 34.6 Å². The van der Waals surface area contributed by atoms with Gasteiger partial charge in [0.1, 0.15) is 17.1 Å². The smallest absolute Gasteiger partial charge is 0.407 e. The predicted octanol–water partition coefficient (Wildman–Crippen LogP) is 4.42. The number of nitrogen functional groups attached to an aromatic ring is 1. The zero-order valence-electron chi connectivity index (χ0n) is 22.6. The Morgan fingerprint density at radius 1 is 1.29 bits per heavy atom. The lowest BCUT2D eigenvalue weighted by Crippen LogP contribution is -2.47. The summed E-state index contributed by atoms with van der Waals surface area (Å²) in [5, 5.41) is 3.81. The van der Waals surface area contributed by atoms with E-state index >= 15 is 0 Å². The number of carbonyl (C=O) groups excluding carboxylic acids is 1. The molecule has 1 aromatic carbocycles. The van der Waals surface area contributed by atoms with Gasteiger partial charge in [0.15, 0.2) is 5.52 Å². The largest absolute Gasteiger partial charge is 0.497 e. The van der Waals surface area contributed by atoms with E-state index in [-0.39, 0.29) is 12.1 Å². The Balaban J connectivity index is 1.55. The maximum absolute atomic E-state index is 12.6. The number of nitrogens with one attached hydrogen (secondary N) is 2. The number of aryl methyl sites for hydroxylation is 1. The van der Waals surface area contributed by atoms with E-state index in [0.717, 1.165) is 47.2 Å². The van der Waals surface area contributed by atoms with E-state index in [9.17, 15) is 4.79 Å². The van der Waals surface area contributed by atoms with E-state index < -0.39 is 5.60 Å². The Morgan fingerprint density at radius 2 is 2.05 bits per heavy atom. The molecule has 1 fully saturated rings. The number of thioether (sulfide) groups is 1. The Morgan fingerprint density at radius 3 is 2.74 bits per heavy atom. The van der Waals surface area contributed by atoms with Crippen LogP contribution >= 0.6 is 23.5 Å². The van der Waals surface area contributed by atoms with Crippen LogP contribution in [0.5, 0.6) is 11.5 Å². The Labute approximate surface area is 231 Å². The summed E-state index contributed by atoms with van der Waals surface area (Å²) in [6.07, 6.45) is 4.18. The van der Waals surface area contributed by atoms with Crippen molar-refractivity contribution in [3.8, 4) is 11.5 Å². The third kappa shape index (κ3) is 7.16. The molecule has 3 heterocycles. The fourth-order valence-electron chi connectivity index (χ4n) is 4.44. The maximum atomic E-state index is 12.6. The average molecular weight is 562 g/mol. The van der Waals surface area contributed by atoms with Gasteiger partial charge in [0.25, 0.3) is 5.65 Å². The van der Waals surface area contributed by atoms with Crippen LogP contribution in [-0.2, 0) is 11.3 Å². The molecular formula is C26H37N6O4S2+. The van der Waals surface area contributed by atoms with E-state index in [4.69, 9.17) is 24.9 Å². The minimum atomic E-state index is -0.548. The second kappa shape index (κ2) is 12.3. The van der Waals surface area contributed by atoms with Crippen LogP contribution in [0.1, 0.15) is 40.0 Å². The lowest BCUT2D eigenvalue weighted by molar-refractivity contribution is -0.676. The van der Waals surface area contributed by atoms with E-state index in [1.54, 1.807) is 20.5 Å². The Hall–Kier alpha value is -2.86. The molecule has 1 unspecified atom stereocenters. The first-order valence-corrected chi connectivity index (χ1v) is 14.6. The van der Waals surface area contributed by atoms with Gasteiger partial charge in [0.05, 0.1) is 25.7 Å². The molecule has 10 nitrogen and oxygen atoms in total. The number of carbonyl (C=O) groups is 1. The molecule has 1 aliphatic heterocycles. The number of methoxy groups -OCH3 is 2. The van der Waals surface area contributed by atoms with Crippen LogP contribution in [0.2, 0.25) is 0 Å². The molecule has 0 spiro atoms. The first-order chi connectivity index (χ1) is 18.2. The maximum Gasteiger partial charge on any atom is 0.407 e. The number of fused-ring (bicyclic) bond motifs is 1. The standard InChI is InChI=1S/C26H36N6O4S2/c1-26(2,3)36-25(33)29-18(16-9-12-37-13-10-16)8-11-32-15-28-22(27)21-23(32)31-24(30-21)38-20-14-17(34-4)6-7-19(20)35-5/h6-7,14-16,18H,8-13H2,1-5H3,(H3,27,29,30,31,33)/p+1. The van der Waals surface area contributed by atoms with Crippen LogP contribution in [0.3, 0.4) is 0 Å². The van der Waals surface area contributed by atoms with Crippen molar-refractivity contribution in [2.24, 2.45) is 5.92 Å². The summed E-state index contributed by atoms with van der Waals surface area (Å²) < 4.78 is 18.4. The van der Waals surface area contributed by atoms with Gasteiger partial charge in [-0.25, -0.2) is 9.36 Å². The number of rotatable bonds is 9. The van der Waals surface area contributed by atoms with Crippen LogP contribution in [-0.4, -0.2) is 58.4 Å². The number of ether oxygens (including phenoxy) is 3. The highest BCUT2D eigenvalue weighted by atomic mass is 32.2.